The highest BCUT2D eigenvalue weighted by molar-refractivity contribution is 5.87. The van der Waals surface area contributed by atoms with Gasteiger partial charge in [0.2, 0.25) is 0 Å². The number of ether oxygens (including phenoxy) is 1. The van der Waals surface area contributed by atoms with E-state index in [1.165, 1.54) is 24.8 Å². The molecule has 21 heavy (non-hydrogen) atoms. The Morgan fingerprint density at radius 2 is 1.86 bits per heavy atom. The first kappa shape index (κ1) is 17.7. The number of unbranched alkanes of at least 4 members (excludes halogenated alkanes) is 3. The quantitative estimate of drug-likeness (QED) is 0.602. The van der Waals surface area contributed by atoms with E-state index in [0.717, 1.165) is 32.3 Å². The molecule has 0 aromatic heterocycles. The van der Waals surface area contributed by atoms with Gasteiger partial charge < -0.3 is 9.84 Å². The molecule has 0 aliphatic carbocycles. The van der Waals surface area contributed by atoms with Gasteiger partial charge in [0.25, 0.3) is 0 Å². The highest BCUT2D eigenvalue weighted by atomic mass is 16.5. The van der Waals surface area contributed by atoms with Crippen molar-refractivity contribution in [2.75, 3.05) is 6.61 Å². The van der Waals surface area contributed by atoms with Gasteiger partial charge in [0.05, 0.1) is 11.7 Å². The van der Waals surface area contributed by atoms with E-state index in [1.807, 2.05) is 12.1 Å². The van der Waals surface area contributed by atoms with Gasteiger partial charge in [-0.15, -0.1) is 0 Å². The SMILES string of the molecule is CCCCCCOC(C)CCCc1ccc(C(=O)O)cc1. The average Bonchev–Trinajstić information content (AvgIpc) is 2.47. The van der Waals surface area contributed by atoms with E-state index in [0.29, 0.717) is 11.7 Å². The maximum atomic E-state index is 10.8. The second-order valence-electron chi connectivity index (χ2n) is 5.64. The minimum absolute atomic E-state index is 0.310. The van der Waals surface area contributed by atoms with Crippen LogP contribution >= 0.6 is 0 Å². The van der Waals surface area contributed by atoms with E-state index in [-0.39, 0.29) is 0 Å². The molecule has 0 radical (unpaired) electrons. The number of carboxylic acid groups (broad SMARTS) is 1. The minimum Gasteiger partial charge on any atom is -0.478 e. The Morgan fingerprint density at radius 3 is 2.48 bits per heavy atom. The minimum atomic E-state index is -0.869. The summed E-state index contributed by atoms with van der Waals surface area (Å²) >= 11 is 0. The summed E-state index contributed by atoms with van der Waals surface area (Å²) in [6, 6.07) is 7.15. The van der Waals surface area contributed by atoms with Crippen molar-refractivity contribution in [2.24, 2.45) is 0 Å². The second kappa shape index (κ2) is 10.4. The van der Waals surface area contributed by atoms with Crippen molar-refractivity contribution < 1.29 is 14.6 Å². The topological polar surface area (TPSA) is 46.5 Å². The first-order valence-corrected chi connectivity index (χ1v) is 8.07. The molecule has 1 N–H and O–H groups in total. The molecule has 0 heterocycles. The smallest absolute Gasteiger partial charge is 0.335 e. The molecule has 0 spiro atoms. The van der Waals surface area contributed by atoms with Crippen molar-refractivity contribution in [2.45, 2.75) is 64.9 Å². The van der Waals surface area contributed by atoms with Crippen molar-refractivity contribution in [1.82, 2.24) is 0 Å². The Morgan fingerprint density at radius 1 is 1.14 bits per heavy atom. The van der Waals surface area contributed by atoms with Crippen LogP contribution in [0.15, 0.2) is 24.3 Å². The molecule has 0 saturated heterocycles. The lowest BCUT2D eigenvalue weighted by Gasteiger charge is -2.13. The van der Waals surface area contributed by atoms with E-state index in [2.05, 4.69) is 13.8 Å². The zero-order valence-electron chi connectivity index (χ0n) is 13.3. The van der Waals surface area contributed by atoms with E-state index < -0.39 is 5.97 Å². The van der Waals surface area contributed by atoms with Crippen LogP contribution in [0.25, 0.3) is 0 Å². The van der Waals surface area contributed by atoms with Crippen LogP contribution < -0.4 is 0 Å². The van der Waals surface area contributed by atoms with Gasteiger partial charge in [-0.05, 0) is 50.3 Å². The lowest BCUT2D eigenvalue weighted by Crippen LogP contribution is -2.09. The molecule has 0 bridgehead atoms. The molecule has 0 fully saturated rings. The van der Waals surface area contributed by atoms with Crippen LogP contribution in [0.5, 0.6) is 0 Å². The van der Waals surface area contributed by atoms with Gasteiger partial charge in [0, 0.05) is 6.61 Å². The van der Waals surface area contributed by atoms with Crippen molar-refractivity contribution in [1.29, 1.82) is 0 Å². The van der Waals surface area contributed by atoms with Crippen molar-refractivity contribution >= 4 is 5.97 Å². The molecule has 3 nitrogen and oxygen atoms in total. The fourth-order valence-corrected chi connectivity index (χ4v) is 2.30. The largest absolute Gasteiger partial charge is 0.478 e. The number of rotatable bonds is 11. The molecule has 0 amide bonds. The normalized spacial score (nSPS) is 12.3. The molecule has 1 rings (SSSR count). The zero-order chi connectivity index (χ0) is 15.5. The van der Waals surface area contributed by atoms with Crippen LogP contribution in [0.2, 0.25) is 0 Å². The van der Waals surface area contributed by atoms with Crippen LogP contribution in [0.4, 0.5) is 0 Å². The summed E-state index contributed by atoms with van der Waals surface area (Å²) in [5, 5.41) is 8.84. The van der Waals surface area contributed by atoms with Crippen LogP contribution in [-0.4, -0.2) is 23.8 Å². The number of benzene rings is 1. The third-order valence-electron chi connectivity index (χ3n) is 3.68. The number of hydrogen-bond donors (Lipinski definition) is 1. The summed E-state index contributed by atoms with van der Waals surface area (Å²) in [6.45, 7) is 5.22. The van der Waals surface area contributed by atoms with E-state index in [4.69, 9.17) is 9.84 Å². The molecule has 3 heteroatoms. The number of carbonyl (C=O) groups is 1. The van der Waals surface area contributed by atoms with Gasteiger partial charge in [-0.25, -0.2) is 4.79 Å². The number of carboxylic acids is 1. The Labute approximate surface area is 128 Å². The zero-order valence-corrected chi connectivity index (χ0v) is 13.3. The summed E-state index contributed by atoms with van der Waals surface area (Å²) < 4.78 is 5.80. The predicted molar refractivity (Wildman–Crippen MR) is 85.9 cm³/mol. The molecular weight excluding hydrogens is 264 g/mol. The Bertz CT molecular complexity index is 397. The molecule has 0 aliphatic rings. The fourth-order valence-electron chi connectivity index (χ4n) is 2.30. The van der Waals surface area contributed by atoms with Gasteiger partial charge in [-0.1, -0.05) is 38.3 Å². The van der Waals surface area contributed by atoms with Crippen LogP contribution in [-0.2, 0) is 11.2 Å². The lowest BCUT2D eigenvalue weighted by molar-refractivity contribution is 0.0563. The fraction of sp³-hybridized carbons (Fsp3) is 0.611. The second-order valence-corrected chi connectivity index (χ2v) is 5.64. The number of hydrogen-bond acceptors (Lipinski definition) is 2. The molecule has 1 unspecified atom stereocenters. The highest BCUT2D eigenvalue weighted by Crippen LogP contribution is 2.11. The van der Waals surface area contributed by atoms with Crippen LogP contribution in [0.3, 0.4) is 0 Å². The van der Waals surface area contributed by atoms with E-state index in [9.17, 15) is 4.79 Å². The van der Waals surface area contributed by atoms with Gasteiger partial charge in [0.15, 0.2) is 0 Å². The van der Waals surface area contributed by atoms with Gasteiger partial charge in [-0.2, -0.15) is 0 Å². The Balaban J connectivity index is 2.13. The monoisotopic (exact) mass is 292 g/mol. The summed E-state index contributed by atoms with van der Waals surface area (Å²) in [5.74, 6) is -0.869. The first-order chi connectivity index (χ1) is 10.1. The third-order valence-corrected chi connectivity index (χ3v) is 3.68. The maximum absolute atomic E-state index is 10.8. The van der Waals surface area contributed by atoms with Gasteiger partial charge in [0.1, 0.15) is 0 Å². The molecule has 118 valence electrons. The third kappa shape index (κ3) is 7.86. The number of aryl methyl sites for hydroxylation is 1. The molecule has 1 aromatic carbocycles. The molecule has 0 saturated carbocycles. The van der Waals surface area contributed by atoms with E-state index >= 15 is 0 Å². The molecule has 1 aromatic rings. The Hall–Kier alpha value is -1.35. The molecule has 1 atom stereocenters. The Kier molecular flexibility index (Phi) is 8.76. The summed E-state index contributed by atoms with van der Waals surface area (Å²) in [4.78, 5) is 10.8. The summed E-state index contributed by atoms with van der Waals surface area (Å²) in [7, 11) is 0. The van der Waals surface area contributed by atoms with Gasteiger partial charge >= 0.3 is 5.97 Å². The summed E-state index contributed by atoms with van der Waals surface area (Å²) in [5.41, 5.74) is 1.54. The average molecular weight is 292 g/mol. The van der Waals surface area contributed by atoms with Crippen molar-refractivity contribution in [3.05, 3.63) is 35.4 Å². The van der Waals surface area contributed by atoms with Crippen molar-refractivity contribution in [3.63, 3.8) is 0 Å². The highest BCUT2D eigenvalue weighted by Gasteiger charge is 2.04. The summed E-state index contributed by atoms with van der Waals surface area (Å²) in [6.07, 6.45) is 8.39. The van der Waals surface area contributed by atoms with E-state index in [1.54, 1.807) is 12.1 Å². The number of aromatic carboxylic acids is 1. The van der Waals surface area contributed by atoms with Crippen LogP contribution in [0.1, 0.15) is 68.3 Å². The lowest BCUT2D eigenvalue weighted by atomic mass is 10.0. The first-order valence-electron chi connectivity index (χ1n) is 8.07. The molecular formula is C18H28O3. The predicted octanol–water partition coefficient (Wildman–Crippen LogP) is 4.69. The standard InChI is InChI=1S/C18H28O3/c1-3-4-5-6-14-21-15(2)8-7-9-16-10-12-17(13-11-16)18(19)20/h10-13,15H,3-9,14H2,1-2H3,(H,19,20). The van der Waals surface area contributed by atoms with Gasteiger partial charge in [-0.3, -0.25) is 0 Å². The van der Waals surface area contributed by atoms with Crippen LogP contribution in [0, 0.1) is 0 Å². The van der Waals surface area contributed by atoms with Crippen molar-refractivity contribution in [3.8, 4) is 0 Å². The maximum Gasteiger partial charge on any atom is 0.335 e. The molecule has 0 aliphatic heterocycles.